The maximum absolute atomic E-state index is 12.2. The first-order chi connectivity index (χ1) is 8.83. The second kappa shape index (κ2) is 6.89. The predicted octanol–water partition coefficient (Wildman–Crippen LogP) is 1.18. The van der Waals surface area contributed by atoms with Crippen LogP contribution in [0.4, 0.5) is 0 Å². The molecule has 5 heteroatoms. The fourth-order valence-electron chi connectivity index (χ4n) is 2.01. The molecule has 0 aromatic heterocycles. The molecule has 0 bridgehead atoms. The molecule has 1 rings (SSSR count). The standard InChI is InChI=1S/C14H26N2O3/c1-11(2)6-9-19-10-8-16-7-5-12(17)15-14(3,4)13(16)18/h11H,5-10H2,1-4H3,(H,15,17). The Morgan fingerprint density at radius 2 is 2.00 bits per heavy atom. The quantitative estimate of drug-likeness (QED) is 0.737. The number of hydrogen-bond acceptors (Lipinski definition) is 3. The molecule has 5 nitrogen and oxygen atoms in total. The van der Waals surface area contributed by atoms with Crippen molar-refractivity contribution in [3.63, 3.8) is 0 Å². The van der Waals surface area contributed by atoms with Gasteiger partial charge in [0.05, 0.1) is 6.61 Å². The van der Waals surface area contributed by atoms with E-state index in [1.165, 1.54) is 0 Å². The van der Waals surface area contributed by atoms with E-state index in [9.17, 15) is 9.59 Å². The van der Waals surface area contributed by atoms with Gasteiger partial charge in [0.15, 0.2) is 0 Å². The highest BCUT2D eigenvalue weighted by Gasteiger charge is 2.36. The number of carbonyl (C=O) groups excluding carboxylic acids is 2. The van der Waals surface area contributed by atoms with Gasteiger partial charge in [-0.15, -0.1) is 0 Å². The molecule has 0 radical (unpaired) electrons. The zero-order valence-corrected chi connectivity index (χ0v) is 12.5. The third-order valence-electron chi connectivity index (χ3n) is 3.23. The molecule has 0 aromatic carbocycles. The van der Waals surface area contributed by atoms with Crippen LogP contribution in [0.3, 0.4) is 0 Å². The lowest BCUT2D eigenvalue weighted by Gasteiger charge is -2.28. The molecule has 110 valence electrons. The van der Waals surface area contributed by atoms with Gasteiger partial charge in [0, 0.05) is 26.1 Å². The summed E-state index contributed by atoms with van der Waals surface area (Å²) in [5.41, 5.74) is -0.814. The lowest BCUT2D eigenvalue weighted by Crippen LogP contribution is -2.53. The molecule has 1 heterocycles. The van der Waals surface area contributed by atoms with E-state index in [0.29, 0.717) is 32.0 Å². The molecule has 1 aliphatic rings. The number of nitrogens with one attached hydrogen (secondary N) is 1. The van der Waals surface area contributed by atoms with Crippen molar-refractivity contribution in [3.8, 4) is 0 Å². The van der Waals surface area contributed by atoms with Crippen molar-refractivity contribution >= 4 is 11.8 Å². The Morgan fingerprint density at radius 3 is 2.63 bits per heavy atom. The van der Waals surface area contributed by atoms with Crippen LogP contribution in [-0.2, 0) is 14.3 Å². The number of nitrogens with zero attached hydrogens (tertiary/aromatic N) is 1. The molecule has 2 amide bonds. The van der Waals surface area contributed by atoms with Crippen LogP contribution in [0.1, 0.15) is 40.5 Å². The van der Waals surface area contributed by atoms with Crippen molar-refractivity contribution in [3.05, 3.63) is 0 Å². The monoisotopic (exact) mass is 270 g/mol. The summed E-state index contributed by atoms with van der Waals surface area (Å²) in [6.45, 7) is 10.1. The van der Waals surface area contributed by atoms with E-state index in [2.05, 4.69) is 19.2 Å². The summed E-state index contributed by atoms with van der Waals surface area (Å²) >= 11 is 0. The van der Waals surface area contributed by atoms with Crippen LogP contribution in [0.15, 0.2) is 0 Å². The number of carbonyl (C=O) groups is 2. The lowest BCUT2D eigenvalue weighted by molar-refractivity contribution is -0.138. The summed E-state index contributed by atoms with van der Waals surface area (Å²) in [5.74, 6) is 0.521. The Labute approximate surface area is 115 Å². The van der Waals surface area contributed by atoms with Crippen LogP contribution >= 0.6 is 0 Å². The largest absolute Gasteiger partial charge is 0.380 e. The van der Waals surface area contributed by atoms with Gasteiger partial charge in [0.2, 0.25) is 11.8 Å². The van der Waals surface area contributed by atoms with Crippen molar-refractivity contribution in [2.75, 3.05) is 26.3 Å². The van der Waals surface area contributed by atoms with Crippen LogP contribution < -0.4 is 5.32 Å². The summed E-state index contributed by atoms with van der Waals surface area (Å²) in [6, 6.07) is 0. The second-order valence-electron chi connectivity index (χ2n) is 6.01. The van der Waals surface area contributed by atoms with Crippen LogP contribution in [0.2, 0.25) is 0 Å². The molecule has 1 saturated heterocycles. The van der Waals surface area contributed by atoms with E-state index >= 15 is 0 Å². The van der Waals surface area contributed by atoms with E-state index in [-0.39, 0.29) is 11.8 Å². The van der Waals surface area contributed by atoms with Crippen LogP contribution in [0.5, 0.6) is 0 Å². The summed E-state index contributed by atoms with van der Waals surface area (Å²) in [5, 5.41) is 2.74. The minimum Gasteiger partial charge on any atom is -0.380 e. The number of rotatable bonds is 6. The number of hydrogen-bond donors (Lipinski definition) is 1. The van der Waals surface area contributed by atoms with E-state index in [1.54, 1.807) is 18.7 Å². The first kappa shape index (κ1) is 16.0. The second-order valence-corrected chi connectivity index (χ2v) is 6.01. The van der Waals surface area contributed by atoms with Gasteiger partial charge in [0.1, 0.15) is 5.54 Å². The molecule has 0 spiro atoms. The molecule has 19 heavy (non-hydrogen) atoms. The van der Waals surface area contributed by atoms with Gasteiger partial charge in [-0.2, -0.15) is 0 Å². The average molecular weight is 270 g/mol. The van der Waals surface area contributed by atoms with Crippen molar-refractivity contribution < 1.29 is 14.3 Å². The van der Waals surface area contributed by atoms with Gasteiger partial charge in [-0.05, 0) is 26.2 Å². The first-order valence-electron chi connectivity index (χ1n) is 7.01. The Kier molecular flexibility index (Phi) is 5.79. The Balaban J connectivity index is 2.39. The molecular formula is C14H26N2O3. The Hall–Kier alpha value is -1.10. The van der Waals surface area contributed by atoms with Crippen molar-refractivity contribution in [1.82, 2.24) is 10.2 Å². The van der Waals surface area contributed by atoms with E-state index < -0.39 is 5.54 Å². The van der Waals surface area contributed by atoms with Crippen LogP contribution in [-0.4, -0.2) is 48.6 Å². The molecule has 1 N–H and O–H groups in total. The molecule has 0 aromatic rings. The maximum atomic E-state index is 12.2. The highest BCUT2D eigenvalue weighted by molar-refractivity contribution is 5.92. The molecule has 1 aliphatic heterocycles. The highest BCUT2D eigenvalue weighted by atomic mass is 16.5. The van der Waals surface area contributed by atoms with Gasteiger partial charge < -0.3 is 15.0 Å². The highest BCUT2D eigenvalue weighted by Crippen LogP contribution is 2.13. The van der Waals surface area contributed by atoms with Crippen LogP contribution in [0, 0.1) is 5.92 Å². The summed E-state index contributed by atoms with van der Waals surface area (Å²) in [7, 11) is 0. The fraction of sp³-hybridized carbons (Fsp3) is 0.857. The number of ether oxygens (including phenoxy) is 1. The normalized spacial score (nSPS) is 19.5. The minimum absolute atomic E-state index is 0.0363. The van der Waals surface area contributed by atoms with Crippen molar-refractivity contribution in [1.29, 1.82) is 0 Å². The van der Waals surface area contributed by atoms with Gasteiger partial charge in [-0.25, -0.2) is 0 Å². The molecule has 1 fully saturated rings. The molecular weight excluding hydrogens is 244 g/mol. The van der Waals surface area contributed by atoms with E-state index in [1.807, 2.05) is 0 Å². The maximum Gasteiger partial charge on any atom is 0.247 e. The lowest BCUT2D eigenvalue weighted by atomic mass is 10.0. The fourth-order valence-corrected chi connectivity index (χ4v) is 2.01. The zero-order valence-electron chi connectivity index (χ0n) is 12.5. The molecule has 0 saturated carbocycles. The third kappa shape index (κ3) is 5.19. The average Bonchev–Trinajstić information content (AvgIpc) is 2.38. The number of amides is 2. The predicted molar refractivity (Wildman–Crippen MR) is 73.7 cm³/mol. The first-order valence-corrected chi connectivity index (χ1v) is 7.01. The zero-order chi connectivity index (χ0) is 14.5. The third-order valence-corrected chi connectivity index (χ3v) is 3.23. The molecule has 0 atom stereocenters. The Morgan fingerprint density at radius 1 is 1.32 bits per heavy atom. The van der Waals surface area contributed by atoms with Gasteiger partial charge in [0.25, 0.3) is 0 Å². The van der Waals surface area contributed by atoms with Gasteiger partial charge in [-0.3, -0.25) is 9.59 Å². The van der Waals surface area contributed by atoms with E-state index in [0.717, 1.165) is 13.0 Å². The summed E-state index contributed by atoms with van der Waals surface area (Å²) in [4.78, 5) is 25.5. The molecule has 0 aliphatic carbocycles. The topological polar surface area (TPSA) is 58.6 Å². The summed E-state index contributed by atoms with van der Waals surface area (Å²) in [6.07, 6.45) is 1.39. The minimum atomic E-state index is -0.814. The SMILES string of the molecule is CC(C)CCOCCN1CCC(=O)NC(C)(C)C1=O. The summed E-state index contributed by atoms with van der Waals surface area (Å²) < 4.78 is 5.53. The van der Waals surface area contributed by atoms with Crippen molar-refractivity contribution in [2.45, 2.75) is 46.1 Å². The van der Waals surface area contributed by atoms with Crippen molar-refractivity contribution in [2.24, 2.45) is 5.92 Å². The van der Waals surface area contributed by atoms with E-state index in [4.69, 9.17) is 4.74 Å². The van der Waals surface area contributed by atoms with Gasteiger partial charge in [-0.1, -0.05) is 13.8 Å². The Bertz CT molecular complexity index is 327. The van der Waals surface area contributed by atoms with Gasteiger partial charge >= 0.3 is 0 Å². The smallest absolute Gasteiger partial charge is 0.247 e. The molecule has 0 unspecified atom stereocenters. The van der Waals surface area contributed by atoms with Crippen LogP contribution in [0.25, 0.3) is 0 Å².